The first-order valence-electron chi connectivity index (χ1n) is 6.38. The molecule has 2 aromatic carbocycles. The molecule has 2 N–H and O–H groups in total. The molecule has 0 bridgehead atoms. The molecule has 1 atom stereocenters. The van der Waals surface area contributed by atoms with E-state index < -0.39 is 0 Å². The van der Waals surface area contributed by atoms with Gasteiger partial charge in [-0.1, -0.05) is 36.4 Å². The van der Waals surface area contributed by atoms with E-state index in [4.69, 9.17) is 5.73 Å². The Bertz CT molecular complexity index is 538. The highest BCUT2D eigenvalue weighted by atomic mass is 19.1. The van der Waals surface area contributed by atoms with Crippen LogP contribution in [0, 0.1) is 5.82 Å². The highest BCUT2D eigenvalue weighted by Crippen LogP contribution is 2.28. The van der Waals surface area contributed by atoms with Gasteiger partial charge in [0.2, 0.25) is 0 Å². The lowest BCUT2D eigenvalue weighted by Gasteiger charge is -2.24. The minimum atomic E-state index is -0.325. The molecule has 0 aliphatic carbocycles. The van der Waals surface area contributed by atoms with E-state index in [9.17, 15) is 4.39 Å². The van der Waals surface area contributed by atoms with Crippen LogP contribution >= 0.6 is 0 Å². The van der Waals surface area contributed by atoms with Crippen molar-refractivity contribution >= 4 is 5.69 Å². The number of hydrogen-bond acceptors (Lipinski definition) is 2. The molecular weight excluding hydrogens is 239 g/mol. The van der Waals surface area contributed by atoms with Gasteiger partial charge in [-0.2, -0.15) is 0 Å². The van der Waals surface area contributed by atoms with Crippen LogP contribution in [0.1, 0.15) is 24.1 Å². The maximum Gasteiger partial charge on any atom is 0.130 e. The maximum absolute atomic E-state index is 13.9. The highest BCUT2D eigenvalue weighted by molar-refractivity contribution is 5.55. The Morgan fingerprint density at radius 1 is 1.11 bits per heavy atom. The van der Waals surface area contributed by atoms with Gasteiger partial charge in [0.25, 0.3) is 0 Å². The fraction of sp³-hybridized carbons (Fsp3) is 0.250. The molecule has 2 nitrogen and oxygen atoms in total. The summed E-state index contributed by atoms with van der Waals surface area (Å²) in [7, 11) is 1.95. The molecule has 0 aliphatic rings. The largest absolute Gasteiger partial charge is 0.370 e. The van der Waals surface area contributed by atoms with Crippen LogP contribution in [0.25, 0.3) is 0 Å². The van der Waals surface area contributed by atoms with Crippen LogP contribution in [0.2, 0.25) is 0 Å². The normalized spacial score (nSPS) is 12.2. The van der Waals surface area contributed by atoms with Crippen molar-refractivity contribution in [3.05, 3.63) is 65.5 Å². The molecule has 2 aromatic rings. The molecule has 3 heteroatoms. The van der Waals surface area contributed by atoms with Crippen LogP contribution in [0.5, 0.6) is 0 Å². The van der Waals surface area contributed by atoms with Crippen molar-refractivity contribution in [3.63, 3.8) is 0 Å². The van der Waals surface area contributed by atoms with E-state index in [0.717, 1.165) is 12.2 Å². The Kier molecular flexibility index (Phi) is 4.17. The Morgan fingerprint density at radius 3 is 2.42 bits per heavy atom. The third-order valence-electron chi connectivity index (χ3n) is 3.16. The standard InChI is InChI=1S/C16H19FN2/c1-12(18)16-14(17)9-6-10-15(16)19(2)11-13-7-4-3-5-8-13/h3-10,12H,11,18H2,1-2H3/t12-/m0/s1. The van der Waals surface area contributed by atoms with Crippen LogP contribution < -0.4 is 10.6 Å². The van der Waals surface area contributed by atoms with Crippen molar-refractivity contribution < 1.29 is 4.39 Å². The van der Waals surface area contributed by atoms with Gasteiger partial charge >= 0.3 is 0 Å². The zero-order chi connectivity index (χ0) is 13.8. The van der Waals surface area contributed by atoms with Crippen LogP contribution in [-0.4, -0.2) is 7.05 Å². The van der Waals surface area contributed by atoms with Crippen molar-refractivity contribution in [2.24, 2.45) is 5.73 Å². The molecule has 0 unspecified atom stereocenters. The minimum Gasteiger partial charge on any atom is -0.370 e. The average Bonchev–Trinajstić information content (AvgIpc) is 2.39. The third-order valence-corrected chi connectivity index (χ3v) is 3.16. The first-order valence-corrected chi connectivity index (χ1v) is 6.38. The van der Waals surface area contributed by atoms with Crippen LogP contribution in [0.15, 0.2) is 48.5 Å². The Hall–Kier alpha value is -1.87. The van der Waals surface area contributed by atoms with Crippen molar-refractivity contribution in [2.45, 2.75) is 19.5 Å². The smallest absolute Gasteiger partial charge is 0.130 e. The summed E-state index contributed by atoms with van der Waals surface area (Å²) in [6.45, 7) is 2.53. The van der Waals surface area contributed by atoms with Gasteiger partial charge < -0.3 is 10.6 Å². The van der Waals surface area contributed by atoms with Gasteiger partial charge in [-0.05, 0) is 24.6 Å². The second-order valence-corrected chi connectivity index (χ2v) is 4.80. The highest BCUT2D eigenvalue weighted by Gasteiger charge is 2.15. The first-order chi connectivity index (χ1) is 9.09. The molecule has 19 heavy (non-hydrogen) atoms. The lowest BCUT2D eigenvalue weighted by Crippen LogP contribution is -2.21. The van der Waals surface area contributed by atoms with E-state index in [1.54, 1.807) is 13.0 Å². The van der Waals surface area contributed by atoms with E-state index in [1.165, 1.54) is 11.6 Å². The SMILES string of the molecule is C[C@H](N)c1c(F)cccc1N(C)Cc1ccccc1. The molecule has 0 spiro atoms. The van der Waals surface area contributed by atoms with Crippen LogP contribution in [0.3, 0.4) is 0 Å². The van der Waals surface area contributed by atoms with E-state index >= 15 is 0 Å². The summed E-state index contributed by atoms with van der Waals surface area (Å²) in [5, 5.41) is 0. The van der Waals surface area contributed by atoms with E-state index in [2.05, 4.69) is 12.1 Å². The first kappa shape index (κ1) is 13.6. The number of rotatable bonds is 4. The van der Waals surface area contributed by atoms with Gasteiger partial charge in [-0.15, -0.1) is 0 Å². The molecule has 0 aliphatic heterocycles. The second-order valence-electron chi connectivity index (χ2n) is 4.80. The average molecular weight is 258 g/mol. The fourth-order valence-electron chi connectivity index (χ4n) is 2.25. The van der Waals surface area contributed by atoms with Crippen molar-refractivity contribution in [2.75, 3.05) is 11.9 Å². The number of anilines is 1. The fourth-order valence-corrected chi connectivity index (χ4v) is 2.25. The summed E-state index contributed by atoms with van der Waals surface area (Å²) in [5.74, 6) is -0.243. The predicted octanol–water partition coefficient (Wildman–Crippen LogP) is 3.48. The summed E-state index contributed by atoms with van der Waals surface area (Å²) in [6, 6.07) is 14.9. The lowest BCUT2D eigenvalue weighted by molar-refractivity contribution is 0.592. The molecule has 0 amide bonds. The van der Waals surface area contributed by atoms with Gasteiger partial charge in [0.1, 0.15) is 5.82 Å². The molecular formula is C16H19FN2. The molecule has 2 rings (SSSR count). The number of nitrogens with zero attached hydrogens (tertiary/aromatic N) is 1. The van der Waals surface area contributed by atoms with Crippen molar-refractivity contribution in [1.82, 2.24) is 0 Å². The molecule has 100 valence electrons. The van der Waals surface area contributed by atoms with Crippen LogP contribution in [0.4, 0.5) is 10.1 Å². The monoisotopic (exact) mass is 258 g/mol. The number of halogens is 1. The molecule has 0 heterocycles. The van der Waals surface area contributed by atoms with Gasteiger partial charge in [0.05, 0.1) is 0 Å². The lowest BCUT2D eigenvalue weighted by atomic mass is 10.0. The summed E-state index contributed by atoms with van der Waals surface area (Å²) in [5.41, 5.74) is 8.48. The van der Waals surface area contributed by atoms with Gasteiger partial charge in [-0.3, -0.25) is 0 Å². The van der Waals surface area contributed by atoms with E-state index in [-0.39, 0.29) is 11.9 Å². The molecule has 0 saturated carbocycles. The Morgan fingerprint density at radius 2 is 1.79 bits per heavy atom. The molecule has 0 aromatic heterocycles. The zero-order valence-corrected chi connectivity index (χ0v) is 11.3. The Labute approximate surface area is 113 Å². The summed E-state index contributed by atoms with van der Waals surface area (Å²) in [4.78, 5) is 2.02. The molecule has 0 saturated heterocycles. The van der Waals surface area contributed by atoms with Crippen molar-refractivity contribution in [1.29, 1.82) is 0 Å². The minimum absolute atomic E-state index is 0.243. The van der Waals surface area contributed by atoms with Crippen molar-refractivity contribution in [3.8, 4) is 0 Å². The predicted molar refractivity (Wildman–Crippen MR) is 77.6 cm³/mol. The van der Waals surface area contributed by atoms with Gasteiger partial charge in [0, 0.05) is 30.9 Å². The quantitative estimate of drug-likeness (QED) is 0.909. The summed E-state index contributed by atoms with van der Waals surface area (Å²) < 4.78 is 13.9. The topological polar surface area (TPSA) is 29.3 Å². The Balaban J connectivity index is 2.29. The third kappa shape index (κ3) is 3.12. The zero-order valence-electron chi connectivity index (χ0n) is 11.3. The molecule has 0 fully saturated rings. The maximum atomic E-state index is 13.9. The van der Waals surface area contributed by atoms with Crippen LogP contribution in [-0.2, 0) is 6.54 Å². The number of benzene rings is 2. The van der Waals surface area contributed by atoms with E-state index in [0.29, 0.717) is 5.56 Å². The van der Waals surface area contributed by atoms with E-state index in [1.807, 2.05) is 36.2 Å². The molecule has 0 radical (unpaired) electrons. The summed E-state index contributed by atoms with van der Waals surface area (Å²) in [6.07, 6.45) is 0. The van der Waals surface area contributed by atoms with Gasteiger partial charge in [-0.25, -0.2) is 4.39 Å². The number of nitrogens with two attached hydrogens (primary N) is 1. The second kappa shape index (κ2) is 5.85. The number of hydrogen-bond donors (Lipinski definition) is 1. The van der Waals surface area contributed by atoms with Gasteiger partial charge in [0.15, 0.2) is 0 Å². The summed E-state index contributed by atoms with van der Waals surface area (Å²) >= 11 is 0.